The summed E-state index contributed by atoms with van der Waals surface area (Å²) in [6, 6.07) is 2.69. The van der Waals surface area contributed by atoms with Gasteiger partial charge in [-0.1, -0.05) is 0 Å². The topological polar surface area (TPSA) is 84.1 Å². The average Bonchev–Trinajstić information content (AvgIpc) is 2.48. The Morgan fingerprint density at radius 2 is 1.54 bits per heavy atom. The molecule has 2 rings (SSSR count). The second-order valence-electron chi connectivity index (χ2n) is 2.32. The van der Waals surface area contributed by atoms with Crippen LogP contribution in [-0.2, 0) is 0 Å². The second kappa shape index (κ2) is 2.74. The van der Waals surface area contributed by atoms with Gasteiger partial charge in [-0.3, -0.25) is 0 Å². The summed E-state index contributed by atoms with van der Waals surface area (Å²) in [5, 5.41) is 18.6. The summed E-state index contributed by atoms with van der Waals surface area (Å²) < 4.78 is 1.10. The van der Waals surface area contributed by atoms with Crippen LogP contribution in [0.15, 0.2) is 24.8 Å². The fourth-order valence-corrected chi connectivity index (χ4v) is 0.969. The van der Waals surface area contributed by atoms with Crippen molar-refractivity contribution in [1.82, 2.24) is 19.5 Å². The van der Waals surface area contributed by atoms with E-state index in [4.69, 9.17) is 0 Å². The molecule has 13 heavy (non-hydrogen) atoms. The van der Waals surface area contributed by atoms with Crippen LogP contribution in [0.1, 0.15) is 0 Å². The van der Waals surface area contributed by atoms with Crippen molar-refractivity contribution in [3.8, 4) is 17.7 Å². The molecule has 2 N–H and O–H groups in total. The first kappa shape index (κ1) is 7.53. The minimum absolute atomic E-state index is 0.122. The van der Waals surface area contributed by atoms with Gasteiger partial charge in [-0.25, -0.2) is 19.5 Å². The molecule has 0 radical (unpaired) electrons. The minimum atomic E-state index is -0.122. The molecule has 2 aromatic heterocycles. The molecule has 0 aliphatic heterocycles. The van der Waals surface area contributed by atoms with Crippen LogP contribution in [0.4, 0.5) is 0 Å². The van der Waals surface area contributed by atoms with Gasteiger partial charge in [0, 0.05) is 12.1 Å². The lowest BCUT2D eigenvalue weighted by Gasteiger charge is -2.02. The van der Waals surface area contributed by atoms with Crippen LogP contribution in [0, 0.1) is 0 Å². The Hall–Kier alpha value is -2.11. The first-order chi connectivity index (χ1) is 6.29. The molecular weight excluding hydrogens is 172 g/mol. The fourth-order valence-electron chi connectivity index (χ4n) is 0.969. The van der Waals surface area contributed by atoms with Gasteiger partial charge in [-0.05, 0) is 0 Å². The third kappa shape index (κ3) is 1.18. The molecule has 0 fully saturated rings. The molecule has 66 valence electrons. The van der Waals surface area contributed by atoms with Crippen molar-refractivity contribution in [3.05, 3.63) is 24.8 Å². The van der Waals surface area contributed by atoms with Crippen molar-refractivity contribution in [2.75, 3.05) is 0 Å². The summed E-state index contributed by atoms with van der Waals surface area (Å²) in [5.74, 6) is -0.0672. The maximum Gasteiger partial charge on any atom is 0.242 e. The molecule has 0 bridgehead atoms. The Kier molecular flexibility index (Phi) is 1.59. The van der Waals surface area contributed by atoms with Crippen LogP contribution >= 0.6 is 0 Å². The maximum absolute atomic E-state index is 9.29. The molecule has 6 heteroatoms. The first-order valence-electron chi connectivity index (χ1n) is 3.51. The number of aromatic nitrogens is 4. The van der Waals surface area contributed by atoms with E-state index in [0.29, 0.717) is 0 Å². The lowest BCUT2D eigenvalue weighted by atomic mass is 10.6. The summed E-state index contributed by atoms with van der Waals surface area (Å²) in [6.45, 7) is 0. The zero-order chi connectivity index (χ0) is 9.26. The molecule has 0 saturated carbocycles. The van der Waals surface area contributed by atoms with E-state index in [1.807, 2.05) is 0 Å². The molecule has 6 nitrogen and oxygen atoms in total. The smallest absolute Gasteiger partial charge is 0.242 e. The highest BCUT2D eigenvalue weighted by Gasteiger charge is 2.09. The molecule has 0 saturated heterocycles. The minimum Gasteiger partial charge on any atom is -0.494 e. The van der Waals surface area contributed by atoms with Crippen LogP contribution < -0.4 is 0 Å². The average molecular weight is 178 g/mol. The van der Waals surface area contributed by atoms with Crippen LogP contribution in [0.3, 0.4) is 0 Å². The Morgan fingerprint density at radius 3 is 2.08 bits per heavy atom. The van der Waals surface area contributed by atoms with Crippen LogP contribution in [0.25, 0.3) is 5.95 Å². The van der Waals surface area contributed by atoms with Crippen LogP contribution in [0.2, 0.25) is 0 Å². The Balaban J connectivity index is 2.59. The van der Waals surface area contributed by atoms with E-state index in [2.05, 4.69) is 15.0 Å². The summed E-state index contributed by atoms with van der Waals surface area (Å²) in [5.41, 5.74) is 0. The predicted molar refractivity (Wildman–Crippen MR) is 42.5 cm³/mol. The lowest BCUT2D eigenvalue weighted by molar-refractivity contribution is 0.398. The molecule has 0 atom stereocenters. The zero-order valence-corrected chi connectivity index (χ0v) is 6.49. The Morgan fingerprint density at radius 1 is 1.00 bits per heavy atom. The zero-order valence-electron chi connectivity index (χ0n) is 6.49. The van der Waals surface area contributed by atoms with E-state index in [1.54, 1.807) is 0 Å². The molecular formula is C7H6N4O2. The highest BCUT2D eigenvalue weighted by atomic mass is 16.3. The van der Waals surface area contributed by atoms with E-state index in [9.17, 15) is 10.2 Å². The lowest BCUT2D eigenvalue weighted by Crippen LogP contribution is -1.99. The van der Waals surface area contributed by atoms with Crippen molar-refractivity contribution in [2.45, 2.75) is 0 Å². The van der Waals surface area contributed by atoms with E-state index >= 15 is 0 Å². The molecule has 0 aliphatic rings. The van der Waals surface area contributed by atoms with Crippen molar-refractivity contribution < 1.29 is 10.2 Å². The van der Waals surface area contributed by atoms with Gasteiger partial charge in [-0.2, -0.15) is 0 Å². The van der Waals surface area contributed by atoms with E-state index < -0.39 is 0 Å². The SMILES string of the molecule is Oc1ccc(O)n1-c1ncncn1. The number of aromatic hydroxyl groups is 2. The Labute approximate surface area is 73.2 Å². The standard InChI is InChI=1S/C7H6N4O2/c12-5-1-2-6(13)11(5)7-9-3-8-4-10-7/h1-4,12-13H. The quantitative estimate of drug-likeness (QED) is 0.645. The molecule has 0 amide bonds. The largest absolute Gasteiger partial charge is 0.494 e. The summed E-state index contributed by atoms with van der Waals surface area (Å²) in [4.78, 5) is 11.1. The van der Waals surface area contributed by atoms with Crippen molar-refractivity contribution in [2.24, 2.45) is 0 Å². The van der Waals surface area contributed by atoms with E-state index in [-0.39, 0.29) is 17.7 Å². The number of rotatable bonds is 1. The first-order valence-corrected chi connectivity index (χ1v) is 3.51. The van der Waals surface area contributed by atoms with Gasteiger partial charge in [0.15, 0.2) is 0 Å². The Bertz CT molecular complexity index is 392. The van der Waals surface area contributed by atoms with Gasteiger partial charge >= 0.3 is 0 Å². The van der Waals surface area contributed by atoms with Crippen molar-refractivity contribution in [1.29, 1.82) is 0 Å². The fraction of sp³-hybridized carbons (Fsp3) is 0. The number of hydrogen-bond acceptors (Lipinski definition) is 5. The predicted octanol–water partition coefficient (Wildman–Crippen LogP) is 0.0735. The monoisotopic (exact) mass is 178 g/mol. The van der Waals surface area contributed by atoms with Gasteiger partial charge in [0.1, 0.15) is 12.7 Å². The number of hydrogen-bond donors (Lipinski definition) is 2. The van der Waals surface area contributed by atoms with Gasteiger partial charge in [0.05, 0.1) is 0 Å². The van der Waals surface area contributed by atoms with Crippen molar-refractivity contribution in [3.63, 3.8) is 0 Å². The van der Waals surface area contributed by atoms with E-state index in [1.165, 1.54) is 24.8 Å². The van der Waals surface area contributed by atoms with Gasteiger partial charge in [0.2, 0.25) is 17.7 Å². The molecule has 2 aromatic rings. The molecule has 2 heterocycles. The van der Waals surface area contributed by atoms with Gasteiger partial charge in [-0.15, -0.1) is 0 Å². The number of nitrogens with zero attached hydrogens (tertiary/aromatic N) is 4. The summed E-state index contributed by atoms with van der Waals surface area (Å²) in [7, 11) is 0. The third-order valence-electron chi connectivity index (χ3n) is 1.52. The van der Waals surface area contributed by atoms with Crippen LogP contribution in [0.5, 0.6) is 11.8 Å². The van der Waals surface area contributed by atoms with Crippen molar-refractivity contribution >= 4 is 0 Å². The van der Waals surface area contributed by atoms with E-state index in [0.717, 1.165) is 4.57 Å². The van der Waals surface area contributed by atoms with Gasteiger partial charge < -0.3 is 10.2 Å². The highest BCUT2D eigenvalue weighted by molar-refractivity contribution is 5.32. The molecule has 0 aromatic carbocycles. The molecule has 0 aliphatic carbocycles. The normalized spacial score (nSPS) is 10.2. The summed E-state index contributed by atoms with van der Waals surface area (Å²) in [6.07, 6.45) is 2.56. The van der Waals surface area contributed by atoms with Gasteiger partial charge in [0.25, 0.3) is 0 Å². The summed E-state index contributed by atoms with van der Waals surface area (Å²) >= 11 is 0. The third-order valence-corrected chi connectivity index (χ3v) is 1.52. The highest BCUT2D eigenvalue weighted by Crippen LogP contribution is 2.23. The second-order valence-corrected chi connectivity index (χ2v) is 2.32. The molecule has 0 unspecified atom stereocenters. The van der Waals surface area contributed by atoms with Crippen LogP contribution in [-0.4, -0.2) is 29.7 Å². The maximum atomic E-state index is 9.29. The molecule has 0 spiro atoms.